The third kappa shape index (κ3) is 2.86. The van der Waals surface area contributed by atoms with Crippen molar-refractivity contribution < 1.29 is 9.13 Å². The molecule has 6 heteroatoms. The summed E-state index contributed by atoms with van der Waals surface area (Å²) < 4.78 is 18.2. The molecule has 0 fully saturated rings. The Hall–Kier alpha value is -2.34. The van der Waals surface area contributed by atoms with E-state index in [1.54, 1.807) is 11.5 Å². The van der Waals surface area contributed by atoms with Gasteiger partial charge in [-0.1, -0.05) is 0 Å². The second-order valence-corrected chi connectivity index (χ2v) is 3.54. The molecule has 2 aromatic rings. The molecule has 5 nitrogen and oxygen atoms in total. The first kappa shape index (κ1) is 12.1. The Balaban J connectivity index is 2.24. The molecular weight excluding hydrogens is 237 g/mol. The van der Waals surface area contributed by atoms with E-state index in [0.29, 0.717) is 22.9 Å². The fourth-order valence-electron chi connectivity index (χ4n) is 1.46. The lowest BCUT2D eigenvalue weighted by molar-refractivity contribution is 0.411. The molecule has 1 heterocycles. The quantitative estimate of drug-likeness (QED) is 0.814. The number of halogens is 1. The van der Waals surface area contributed by atoms with E-state index in [-0.39, 0.29) is 0 Å². The number of anilines is 3. The van der Waals surface area contributed by atoms with Crippen molar-refractivity contribution in [2.45, 2.75) is 0 Å². The first-order valence-corrected chi connectivity index (χ1v) is 5.17. The summed E-state index contributed by atoms with van der Waals surface area (Å²) in [6, 6.07) is 7.26. The highest BCUT2D eigenvalue weighted by molar-refractivity contribution is 5.62. The highest BCUT2D eigenvalue weighted by Gasteiger charge is 2.02. The van der Waals surface area contributed by atoms with Gasteiger partial charge in [-0.05, 0) is 12.1 Å². The largest absolute Gasteiger partial charge is 0.761 e. The summed E-state index contributed by atoms with van der Waals surface area (Å²) in [5.74, 6) is 0.411. The smallest absolute Gasteiger partial charge is 0.132 e. The second-order valence-electron chi connectivity index (χ2n) is 3.54. The molecule has 0 bridgehead atoms. The van der Waals surface area contributed by atoms with Crippen molar-refractivity contribution in [2.75, 3.05) is 17.9 Å². The molecule has 1 aromatic carbocycles. The van der Waals surface area contributed by atoms with Crippen LogP contribution in [0.25, 0.3) is 0 Å². The zero-order valence-corrected chi connectivity index (χ0v) is 9.61. The van der Waals surface area contributed by atoms with Gasteiger partial charge in [0.05, 0.1) is 7.11 Å². The van der Waals surface area contributed by atoms with Crippen LogP contribution in [-0.4, -0.2) is 12.1 Å². The van der Waals surface area contributed by atoms with Crippen LogP contribution >= 0.6 is 0 Å². The summed E-state index contributed by atoms with van der Waals surface area (Å²) in [6.45, 7) is 0. The van der Waals surface area contributed by atoms with Gasteiger partial charge in [0.25, 0.3) is 0 Å². The highest BCUT2D eigenvalue weighted by atomic mass is 19.1. The molecule has 0 spiro atoms. The normalized spacial score (nSPS) is 9.94. The summed E-state index contributed by atoms with van der Waals surface area (Å²) >= 11 is 0. The van der Waals surface area contributed by atoms with Gasteiger partial charge in [-0.3, -0.25) is 0 Å². The van der Waals surface area contributed by atoms with Gasteiger partial charge in [0.1, 0.15) is 17.4 Å². The number of hydrogen-bond acceptors (Lipinski definition) is 5. The number of nitrogens with one attached hydrogen (secondary N) is 2. The predicted molar refractivity (Wildman–Crippen MR) is 67.5 cm³/mol. The van der Waals surface area contributed by atoms with Crippen LogP contribution in [0.1, 0.15) is 0 Å². The van der Waals surface area contributed by atoms with E-state index in [0.717, 1.165) is 0 Å². The molecule has 18 heavy (non-hydrogen) atoms. The number of aromatic nitrogens is 1. The van der Waals surface area contributed by atoms with Crippen LogP contribution in [0, 0.1) is 11.0 Å². The predicted octanol–water partition coefficient (Wildman–Crippen LogP) is 2.88. The number of nitrogens with zero attached hydrogens (tertiary/aromatic N) is 1. The highest BCUT2D eigenvalue weighted by Crippen LogP contribution is 2.23. The van der Waals surface area contributed by atoms with Crippen molar-refractivity contribution in [3.05, 3.63) is 47.6 Å². The minimum atomic E-state index is -0.421. The van der Waals surface area contributed by atoms with E-state index in [9.17, 15) is 9.60 Å². The van der Waals surface area contributed by atoms with E-state index in [2.05, 4.69) is 10.3 Å². The molecule has 1 aromatic heterocycles. The Morgan fingerprint density at radius 1 is 1.22 bits per heavy atom. The lowest BCUT2D eigenvalue weighted by atomic mass is 10.3. The maximum atomic E-state index is 13.3. The Morgan fingerprint density at radius 3 is 2.78 bits per heavy atom. The molecule has 0 unspecified atom stereocenters. The second kappa shape index (κ2) is 5.33. The third-order valence-corrected chi connectivity index (χ3v) is 2.26. The lowest BCUT2D eigenvalue weighted by Crippen LogP contribution is -1.96. The van der Waals surface area contributed by atoms with Gasteiger partial charge in [0.15, 0.2) is 0 Å². The Kier molecular flexibility index (Phi) is 3.59. The van der Waals surface area contributed by atoms with Gasteiger partial charge in [-0.25, -0.2) is 9.37 Å². The van der Waals surface area contributed by atoms with Crippen LogP contribution in [0.2, 0.25) is 0 Å². The van der Waals surface area contributed by atoms with Gasteiger partial charge >= 0.3 is 0 Å². The van der Waals surface area contributed by atoms with Gasteiger partial charge in [0.2, 0.25) is 0 Å². The standard InChI is InChI=1S/C12H11FN3O2/c1-18-11-5-8(13)4-10(6-11)15-12-7-9(16-17)2-3-14-12/h2-7H,1H3,(H2-,14,15,16,17)/q-1. The van der Waals surface area contributed by atoms with Gasteiger partial charge in [0, 0.05) is 35.8 Å². The van der Waals surface area contributed by atoms with E-state index in [4.69, 9.17) is 4.74 Å². The topological polar surface area (TPSA) is 69.2 Å². The zero-order chi connectivity index (χ0) is 13.0. The molecule has 94 valence electrons. The molecule has 0 amide bonds. The minimum Gasteiger partial charge on any atom is -0.761 e. The summed E-state index contributed by atoms with van der Waals surface area (Å²) in [6.07, 6.45) is 1.47. The molecule has 0 aliphatic carbocycles. The fourth-order valence-corrected chi connectivity index (χ4v) is 1.46. The minimum absolute atomic E-state index is 0.371. The maximum Gasteiger partial charge on any atom is 0.132 e. The zero-order valence-electron chi connectivity index (χ0n) is 9.61. The molecule has 0 radical (unpaired) electrons. The van der Waals surface area contributed by atoms with Crippen molar-refractivity contribution >= 4 is 17.2 Å². The molecule has 0 saturated carbocycles. The summed E-state index contributed by atoms with van der Waals surface area (Å²) in [7, 11) is 1.46. The Morgan fingerprint density at radius 2 is 2.06 bits per heavy atom. The number of rotatable bonds is 4. The lowest BCUT2D eigenvalue weighted by Gasteiger charge is -2.12. The van der Waals surface area contributed by atoms with Crippen LogP contribution in [0.5, 0.6) is 5.75 Å². The van der Waals surface area contributed by atoms with Crippen molar-refractivity contribution in [3.8, 4) is 5.75 Å². The van der Waals surface area contributed by atoms with E-state index in [1.807, 2.05) is 0 Å². The fraction of sp³-hybridized carbons (Fsp3) is 0.0833. The van der Waals surface area contributed by atoms with Gasteiger partial charge in [-0.2, -0.15) is 0 Å². The van der Waals surface area contributed by atoms with Crippen molar-refractivity contribution in [2.24, 2.45) is 0 Å². The van der Waals surface area contributed by atoms with Crippen LogP contribution in [0.4, 0.5) is 21.6 Å². The Bertz CT molecular complexity index is 549. The van der Waals surface area contributed by atoms with Crippen LogP contribution in [0.3, 0.4) is 0 Å². The molecule has 0 aliphatic heterocycles. The molecular formula is C12H11FN3O2-. The summed E-state index contributed by atoms with van der Waals surface area (Å²) in [4.78, 5) is 4.01. The summed E-state index contributed by atoms with van der Waals surface area (Å²) in [5, 5.41) is 13.4. The number of pyridine rings is 1. The molecule has 2 N–H and O–H groups in total. The van der Waals surface area contributed by atoms with Crippen LogP contribution < -0.4 is 15.5 Å². The van der Waals surface area contributed by atoms with Crippen molar-refractivity contribution in [1.82, 2.24) is 4.98 Å². The average Bonchev–Trinajstić information content (AvgIpc) is 2.38. The summed E-state index contributed by atoms with van der Waals surface area (Å²) in [5.41, 5.74) is 2.62. The third-order valence-electron chi connectivity index (χ3n) is 2.26. The van der Waals surface area contributed by atoms with E-state index in [1.165, 1.54) is 37.6 Å². The van der Waals surface area contributed by atoms with Gasteiger partial charge in [-0.15, -0.1) is 0 Å². The Labute approximate surface area is 103 Å². The van der Waals surface area contributed by atoms with Crippen LogP contribution in [-0.2, 0) is 0 Å². The molecule has 0 atom stereocenters. The number of hydrogen-bond donors (Lipinski definition) is 2. The first-order valence-electron chi connectivity index (χ1n) is 5.17. The van der Waals surface area contributed by atoms with E-state index >= 15 is 0 Å². The molecule has 0 saturated heterocycles. The maximum absolute atomic E-state index is 13.3. The SMILES string of the molecule is COc1cc(F)cc(Nc2cc(N[O-])ccn2)c1. The van der Waals surface area contributed by atoms with Crippen molar-refractivity contribution in [1.29, 1.82) is 0 Å². The van der Waals surface area contributed by atoms with Crippen LogP contribution in [0.15, 0.2) is 36.5 Å². The monoisotopic (exact) mass is 248 g/mol. The van der Waals surface area contributed by atoms with Gasteiger partial charge < -0.3 is 20.7 Å². The number of benzene rings is 1. The van der Waals surface area contributed by atoms with E-state index < -0.39 is 5.82 Å². The molecule has 2 rings (SSSR count). The molecule has 0 aliphatic rings. The first-order chi connectivity index (χ1) is 8.71. The number of ether oxygens (including phenoxy) is 1. The number of methoxy groups -OCH3 is 1. The average molecular weight is 248 g/mol. The van der Waals surface area contributed by atoms with Crippen molar-refractivity contribution in [3.63, 3.8) is 0 Å².